The number of hydrogen-bond donors (Lipinski definition) is 1. The second-order valence-electron chi connectivity index (χ2n) is 7.12. The molecule has 2 aromatic heterocycles. The van der Waals surface area contributed by atoms with Crippen molar-refractivity contribution in [1.82, 2.24) is 19.5 Å². The van der Waals surface area contributed by atoms with E-state index in [4.69, 9.17) is 9.47 Å². The topological polar surface area (TPSA) is 89.2 Å². The minimum absolute atomic E-state index is 0.0897. The second-order valence-corrected chi connectivity index (χ2v) is 8.13. The summed E-state index contributed by atoms with van der Waals surface area (Å²) in [6, 6.07) is 7.59. The van der Waals surface area contributed by atoms with Gasteiger partial charge in [-0.05, 0) is 38.9 Å². The molecule has 8 nitrogen and oxygen atoms in total. The lowest BCUT2D eigenvalue weighted by Crippen LogP contribution is -2.39. The Labute approximate surface area is 172 Å². The van der Waals surface area contributed by atoms with Crippen LogP contribution in [0.1, 0.15) is 35.1 Å². The van der Waals surface area contributed by atoms with Crippen molar-refractivity contribution in [3.63, 3.8) is 0 Å². The predicted octanol–water partition coefficient (Wildman–Crippen LogP) is 2.79. The second kappa shape index (κ2) is 8.00. The smallest absolute Gasteiger partial charge is 0.308 e. The lowest BCUT2D eigenvalue weighted by Gasteiger charge is -2.37. The van der Waals surface area contributed by atoms with Gasteiger partial charge in [0.2, 0.25) is 10.8 Å². The van der Waals surface area contributed by atoms with Crippen LogP contribution < -0.4 is 4.74 Å². The Hall–Kier alpha value is -2.65. The molecule has 9 heteroatoms. The first-order valence-electron chi connectivity index (χ1n) is 9.53. The molecule has 1 atom stereocenters. The quantitative estimate of drug-likeness (QED) is 0.640. The highest BCUT2D eigenvalue weighted by Crippen LogP contribution is 2.43. The number of methoxy groups -OCH3 is 2. The molecule has 4 rings (SSSR count). The average Bonchev–Trinajstić information content (AvgIpc) is 3.25. The molecule has 29 heavy (non-hydrogen) atoms. The lowest BCUT2D eigenvalue weighted by atomic mass is 9.93. The van der Waals surface area contributed by atoms with Crippen LogP contribution in [-0.2, 0) is 9.53 Å². The van der Waals surface area contributed by atoms with Crippen LogP contribution in [-0.4, -0.2) is 57.9 Å². The number of likely N-dealkylation sites (tertiary alicyclic amines) is 1. The molecular formula is C20H24N4O4S. The fourth-order valence-corrected chi connectivity index (χ4v) is 5.14. The van der Waals surface area contributed by atoms with E-state index in [1.165, 1.54) is 23.0 Å². The summed E-state index contributed by atoms with van der Waals surface area (Å²) in [4.78, 5) is 20.0. The van der Waals surface area contributed by atoms with Crippen molar-refractivity contribution < 1.29 is 19.4 Å². The molecule has 3 heterocycles. The van der Waals surface area contributed by atoms with Crippen LogP contribution in [0.4, 0.5) is 0 Å². The van der Waals surface area contributed by atoms with E-state index in [9.17, 15) is 9.90 Å². The first-order valence-corrected chi connectivity index (χ1v) is 10.3. The number of benzene rings is 1. The number of carbonyl (C=O) groups is 1. The summed E-state index contributed by atoms with van der Waals surface area (Å²) < 4.78 is 12.0. The van der Waals surface area contributed by atoms with Crippen molar-refractivity contribution in [2.75, 3.05) is 27.3 Å². The number of aryl methyl sites for hydroxylation is 1. The molecule has 1 N–H and O–H groups in total. The largest absolute Gasteiger partial charge is 0.496 e. The molecule has 0 spiro atoms. The van der Waals surface area contributed by atoms with Gasteiger partial charge >= 0.3 is 5.97 Å². The van der Waals surface area contributed by atoms with Gasteiger partial charge < -0.3 is 14.6 Å². The molecule has 3 aromatic rings. The molecule has 1 aromatic carbocycles. The molecule has 0 aliphatic carbocycles. The van der Waals surface area contributed by atoms with Gasteiger partial charge in [0, 0.05) is 5.56 Å². The van der Waals surface area contributed by atoms with E-state index in [0.717, 1.165) is 16.2 Å². The van der Waals surface area contributed by atoms with Gasteiger partial charge in [-0.15, -0.1) is 5.10 Å². The Balaban J connectivity index is 1.75. The fraction of sp³-hybridized carbons (Fsp3) is 0.450. The van der Waals surface area contributed by atoms with E-state index in [0.29, 0.717) is 36.7 Å². The highest BCUT2D eigenvalue weighted by molar-refractivity contribution is 7.17. The number of esters is 1. The van der Waals surface area contributed by atoms with Crippen LogP contribution >= 0.6 is 11.3 Å². The molecule has 0 bridgehead atoms. The molecule has 1 fully saturated rings. The van der Waals surface area contributed by atoms with E-state index in [-0.39, 0.29) is 23.8 Å². The number of piperidine rings is 1. The third kappa shape index (κ3) is 3.56. The number of hydrogen-bond acceptors (Lipinski definition) is 8. The fourth-order valence-electron chi connectivity index (χ4n) is 3.98. The Morgan fingerprint density at radius 2 is 2.00 bits per heavy atom. The normalized spacial score (nSPS) is 16.8. The van der Waals surface area contributed by atoms with Crippen LogP contribution in [0.2, 0.25) is 0 Å². The van der Waals surface area contributed by atoms with Gasteiger partial charge in [0.05, 0.1) is 31.1 Å². The van der Waals surface area contributed by atoms with Crippen LogP contribution in [0.3, 0.4) is 0 Å². The highest BCUT2D eigenvalue weighted by atomic mass is 32.1. The van der Waals surface area contributed by atoms with Gasteiger partial charge in [0.15, 0.2) is 0 Å². The summed E-state index contributed by atoms with van der Waals surface area (Å²) >= 11 is 1.42. The maximum Gasteiger partial charge on any atom is 0.308 e. The zero-order chi connectivity index (χ0) is 20.5. The number of thiazole rings is 1. The summed E-state index contributed by atoms with van der Waals surface area (Å²) in [5.74, 6) is 1.22. The predicted molar refractivity (Wildman–Crippen MR) is 108 cm³/mol. The molecule has 1 aliphatic rings. The third-order valence-electron chi connectivity index (χ3n) is 5.42. The maximum absolute atomic E-state index is 11.9. The third-order valence-corrected chi connectivity index (χ3v) is 6.49. The zero-order valence-corrected chi connectivity index (χ0v) is 17.5. The summed E-state index contributed by atoms with van der Waals surface area (Å²) in [7, 11) is 3.08. The Morgan fingerprint density at radius 1 is 1.28 bits per heavy atom. The van der Waals surface area contributed by atoms with Crippen molar-refractivity contribution >= 4 is 22.3 Å². The Kier molecular flexibility index (Phi) is 5.42. The molecule has 0 amide bonds. The van der Waals surface area contributed by atoms with Crippen LogP contribution in [0.5, 0.6) is 11.6 Å². The number of carbonyl (C=O) groups excluding carboxylic acids is 1. The Bertz CT molecular complexity index is 1020. The number of nitrogens with zero attached hydrogens (tertiary/aromatic N) is 4. The van der Waals surface area contributed by atoms with E-state index < -0.39 is 0 Å². The summed E-state index contributed by atoms with van der Waals surface area (Å²) in [5.41, 5.74) is 0.961. The molecule has 0 unspecified atom stereocenters. The summed E-state index contributed by atoms with van der Waals surface area (Å²) in [6.45, 7) is 3.21. The van der Waals surface area contributed by atoms with Gasteiger partial charge in [0.25, 0.3) is 0 Å². The van der Waals surface area contributed by atoms with Crippen molar-refractivity contribution in [2.45, 2.75) is 25.8 Å². The zero-order valence-electron chi connectivity index (χ0n) is 16.7. The highest BCUT2D eigenvalue weighted by Gasteiger charge is 2.35. The monoisotopic (exact) mass is 416 g/mol. The maximum atomic E-state index is 11.9. The van der Waals surface area contributed by atoms with Crippen molar-refractivity contribution in [3.8, 4) is 11.6 Å². The molecule has 0 saturated carbocycles. The van der Waals surface area contributed by atoms with Gasteiger partial charge in [-0.1, -0.05) is 29.5 Å². The van der Waals surface area contributed by atoms with Gasteiger partial charge in [-0.2, -0.15) is 4.52 Å². The SMILES string of the molecule is COC(=O)C1CCN([C@@H](c2ccccc2OC)c2sc3nc(C)nn3c2O)CC1. The van der Waals surface area contributed by atoms with Crippen molar-refractivity contribution in [2.24, 2.45) is 5.92 Å². The van der Waals surface area contributed by atoms with Crippen molar-refractivity contribution in [3.05, 3.63) is 40.5 Å². The molecule has 0 radical (unpaired) electrons. The van der Waals surface area contributed by atoms with Crippen LogP contribution in [0.15, 0.2) is 24.3 Å². The number of ether oxygens (including phenoxy) is 2. The number of fused-ring (bicyclic) bond motifs is 1. The molecule has 1 aliphatic heterocycles. The first kappa shape index (κ1) is 19.7. The molecular weight excluding hydrogens is 392 g/mol. The molecule has 154 valence electrons. The van der Waals surface area contributed by atoms with Crippen LogP contribution in [0, 0.1) is 12.8 Å². The first-order chi connectivity index (χ1) is 14.0. The average molecular weight is 417 g/mol. The van der Waals surface area contributed by atoms with Crippen LogP contribution in [0.25, 0.3) is 4.96 Å². The van der Waals surface area contributed by atoms with Gasteiger partial charge in [-0.3, -0.25) is 9.69 Å². The van der Waals surface area contributed by atoms with Gasteiger partial charge in [-0.25, -0.2) is 4.98 Å². The van der Waals surface area contributed by atoms with E-state index in [1.807, 2.05) is 24.3 Å². The lowest BCUT2D eigenvalue weighted by molar-refractivity contribution is -0.147. The summed E-state index contributed by atoms with van der Waals surface area (Å²) in [5, 5.41) is 15.2. The minimum atomic E-state index is -0.224. The number of rotatable bonds is 5. The minimum Gasteiger partial charge on any atom is -0.496 e. The van der Waals surface area contributed by atoms with E-state index in [2.05, 4.69) is 15.0 Å². The van der Waals surface area contributed by atoms with Gasteiger partial charge in [0.1, 0.15) is 11.6 Å². The standard InChI is InChI=1S/C20H24N4O4S/c1-12-21-20-24(22-12)18(25)17(29-20)16(14-6-4-5-7-15(14)27-2)23-10-8-13(9-11-23)19(26)28-3/h4-7,13,16,25H,8-11H2,1-3H3/t16-/m0/s1. The number of aromatic hydroxyl groups is 1. The van der Waals surface area contributed by atoms with E-state index >= 15 is 0 Å². The van der Waals surface area contributed by atoms with Crippen molar-refractivity contribution in [1.29, 1.82) is 0 Å². The molecule has 1 saturated heterocycles. The number of para-hydroxylation sites is 1. The number of aromatic nitrogens is 3. The van der Waals surface area contributed by atoms with E-state index in [1.54, 1.807) is 14.0 Å². The Morgan fingerprint density at radius 3 is 2.66 bits per heavy atom. The summed E-state index contributed by atoms with van der Waals surface area (Å²) in [6.07, 6.45) is 1.41.